The predicted octanol–water partition coefficient (Wildman–Crippen LogP) is 2.14. The second-order valence-corrected chi connectivity index (χ2v) is 3.73. The second-order valence-electron chi connectivity index (χ2n) is 3.73. The molecule has 2 rings (SSSR count). The van der Waals surface area contributed by atoms with Gasteiger partial charge in [-0.1, -0.05) is 18.2 Å². The normalized spacial score (nSPS) is 9.89. The highest BCUT2D eigenvalue weighted by atomic mass is 16.5. The van der Waals surface area contributed by atoms with Gasteiger partial charge in [0.05, 0.1) is 7.11 Å². The Morgan fingerprint density at radius 3 is 2.44 bits per heavy atom. The fourth-order valence-corrected chi connectivity index (χ4v) is 1.54. The quantitative estimate of drug-likeness (QED) is 0.841. The molecule has 0 fully saturated rings. The molecular weight excluding hydrogens is 230 g/mol. The lowest BCUT2D eigenvalue weighted by Crippen LogP contribution is -2.42. The maximum atomic E-state index is 11.5. The molecule has 18 heavy (non-hydrogen) atoms. The summed E-state index contributed by atoms with van der Waals surface area (Å²) in [6.45, 7) is 0. The number of para-hydroxylation sites is 1. The van der Waals surface area contributed by atoms with Crippen LogP contribution in [0.25, 0.3) is 0 Å². The van der Waals surface area contributed by atoms with Crippen LogP contribution >= 0.6 is 0 Å². The summed E-state index contributed by atoms with van der Waals surface area (Å²) in [4.78, 5) is 11.5. The van der Waals surface area contributed by atoms with Gasteiger partial charge in [-0.05, 0) is 18.2 Å². The summed E-state index contributed by atoms with van der Waals surface area (Å²) in [5.74, 6) is 0.873. The molecule has 92 valence electrons. The van der Waals surface area contributed by atoms with Crippen molar-refractivity contribution in [3.8, 4) is 11.5 Å². The maximum Gasteiger partial charge on any atom is 0.344 e. The van der Waals surface area contributed by atoms with E-state index in [0.29, 0.717) is 22.7 Å². The minimum absolute atomic E-state index is 0.408. The number of benzene rings is 2. The largest absolute Gasteiger partial charge is 0.465 e. The van der Waals surface area contributed by atoms with E-state index in [0.717, 1.165) is 0 Å². The van der Waals surface area contributed by atoms with Crippen LogP contribution in [-0.4, -0.2) is 13.1 Å². The summed E-state index contributed by atoms with van der Waals surface area (Å²) in [7, 11) is 1.34. The lowest BCUT2D eigenvalue weighted by Gasteiger charge is -2.07. The average molecular weight is 244 g/mol. The molecule has 0 amide bonds. The van der Waals surface area contributed by atoms with E-state index in [2.05, 4.69) is 10.5 Å². The van der Waals surface area contributed by atoms with Gasteiger partial charge in [-0.15, -0.1) is 0 Å². The molecular formula is C14H14NO3+. The molecule has 0 spiro atoms. The Hall–Kier alpha value is -2.33. The van der Waals surface area contributed by atoms with E-state index in [9.17, 15) is 4.79 Å². The van der Waals surface area contributed by atoms with Crippen molar-refractivity contribution in [1.29, 1.82) is 0 Å². The molecule has 2 aromatic carbocycles. The van der Waals surface area contributed by atoms with Crippen molar-refractivity contribution in [2.24, 2.45) is 0 Å². The van der Waals surface area contributed by atoms with Gasteiger partial charge in [0.1, 0.15) is 22.7 Å². The van der Waals surface area contributed by atoms with E-state index < -0.39 is 5.97 Å². The van der Waals surface area contributed by atoms with Gasteiger partial charge in [-0.3, -0.25) is 0 Å². The number of hydrogen-bond donors (Lipinski definition) is 1. The number of carbonyl (C=O) groups excluding carboxylic acids is 1. The van der Waals surface area contributed by atoms with Crippen LogP contribution in [0.1, 0.15) is 10.4 Å². The van der Waals surface area contributed by atoms with Crippen LogP contribution in [-0.2, 0) is 4.74 Å². The first kappa shape index (κ1) is 12.1. The highest BCUT2D eigenvalue weighted by molar-refractivity contribution is 5.94. The molecule has 4 nitrogen and oxygen atoms in total. The van der Waals surface area contributed by atoms with Crippen LogP contribution in [0.4, 0.5) is 5.69 Å². The first-order valence-electron chi connectivity index (χ1n) is 5.48. The molecule has 0 aromatic heterocycles. The van der Waals surface area contributed by atoms with Gasteiger partial charge in [0.15, 0.2) is 0 Å². The number of carbonyl (C=O) groups is 1. The van der Waals surface area contributed by atoms with E-state index in [4.69, 9.17) is 4.74 Å². The molecule has 0 aliphatic rings. The maximum absolute atomic E-state index is 11.5. The summed E-state index contributed by atoms with van der Waals surface area (Å²) >= 11 is 0. The first-order chi connectivity index (χ1) is 8.70. The minimum atomic E-state index is -0.418. The average Bonchev–Trinajstić information content (AvgIpc) is 2.41. The molecule has 0 heterocycles. The molecule has 0 saturated carbocycles. The summed E-state index contributed by atoms with van der Waals surface area (Å²) < 4.78 is 10.3. The van der Waals surface area contributed by atoms with Crippen molar-refractivity contribution in [3.05, 3.63) is 54.1 Å². The van der Waals surface area contributed by atoms with Crippen LogP contribution < -0.4 is 10.5 Å². The molecule has 0 saturated heterocycles. The topological polar surface area (TPSA) is 63.2 Å². The number of quaternary nitrogens is 1. The molecule has 0 aliphatic carbocycles. The van der Waals surface area contributed by atoms with Gasteiger partial charge in [0, 0.05) is 12.1 Å². The third-order valence-electron chi connectivity index (χ3n) is 2.47. The third-order valence-corrected chi connectivity index (χ3v) is 2.47. The second kappa shape index (κ2) is 5.33. The Bertz CT molecular complexity index is 552. The Morgan fingerprint density at radius 2 is 1.78 bits per heavy atom. The highest BCUT2D eigenvalue weighted by Gasteiger charge is 2.14. The Morgan fingerprint density at radius 1 is 1.06 bits per heavy atom. The summed E-state index contributed by atoms with van der Waals surface area (Å²) in [6, 6.07) is 14.5. The zero-order valence-electron chi connectivity index (χ0n) is 10.1. The zero-order valence-corrected chi connectivity index (χ0v) is 10.1. The SMILES string of the molecule is COC(=O)c1cc(Oc2ccccc2)ccc1[NH3+]. The smallest absolute Gasteiger partial charge is 0.344 e. The fourth-order valence-electron chi connectivity index (χ4n) is 1.54. The molecule has 0 radical (unpaired) electrons. The summed E-state index contributed by atoms with van der Waals surface area (Å²) in [6.07, 6.45) is 0. The van der Waals surface area contributed by atoms with Crippen LogP contribution in [0.3, 0.4) is 0 Å². The first-order valence-corrected chi connectivity index (χ1v) is 5.48. The summed E-state index contributed by atoms with van der Waals surface area (Å²) in [5.41, 5.74) is 4.80. The molecule has 2 aromatic rings. The Balaban J connectivity index is 2.27. The van der Waals surface area contributed by atoms with Crippen molar-refractivity contribution in [2.45, 2.75) is 0 Å². The molecule has 0 atom stereocenters. The van der Waals surface area contributed by atoms with E-state index in [1.807, 2.05) is 30.3 Å². The van der Waals surface area contributed by atoms with Gasteiger partial charge >= 0.3 is 5.97 Å². The predicted molar refractivity (Wildman–Crippen MR) is 66.8 cm³/mol. The lowest BCUT2D eigenvalue weighted by molar-refractivity contribution is -0.255. The van der Waals surface area contributed by atoms with E-state index in [-0.39, 0.29) is 0 Å². The molecule has 4 heteroatoms. The van der Waals surface area contributed by atoms with Gasteiger partial charge in [0.25, 0.3) is 0 Å². The third kappa shape index (κ3) is 2.67. The van der Waals surface area contributed by atoms with Gasteiger partial charge < -0.3 is 15.2 Å². The number of esters is 1. The van der Waals surface area contributed by atoms with Crippen molar-refractivity contribution < 1.29 is 20.0 Å². The van der Waals surface area contributed by atoms with Crippen molar-refractivity contribution in [1.82, 2.24) is 0 Å². The molecule has 3 N–H and O–H groups in total. The monoisotopic (exact) mass is 244 g/mol. The van der Waals surface area contributed by atoms with Gasteiger partial charge in [0.2, 0.25) is 0 Å². The summed E-state index contributed by atoms with van der Waals surface area (Å²) in [5, 5.41) is 0. The van der Waals surface area contributed by atoms with Gasteiger partial charge in [-0.25, -0.2) is 4.79 Å². The van der Waals surface area contributed by atoms with Crippen LogP contribution in [0.15, 0.2) is 48.5 Å². The molecule has 0 unspecified atom stereocenters. The standard InChI is InChI=1S/C14H13NO3/c1-17-14(16)12-9-11(7-8-13(12)15)18-10-5-3-2-4-6-10/h2-9H,15H2,1H3/p+1. The number of ether oxygens (including phenoxy) is 2. The molecule has 0 bridgehead atoms. The highest BCUT2D eigenvalue weighted by Crippen LogP contribution is 2.24. The number of rotatable bonds is 3. The minimum Gasteiger partial charge on any atom is -0.465 e. The van der Waals surface area contributed by atoms with Crippen molar-refractivity contribution >= 4 is 11.7 Å². The van der Waals surface area contributed by atoms with Crippen molar-refractivity contribution in [3.63, 3.8) is 0 Å². The van der Waals surface area contributed by atoms with E-state index in [1.165, 1.54) is 7.11 Å². The number of hydrogen-bond acceptors (Lipinski definition) is 3. The van der Waals surface area contributed by atoms with Crippen molar-refractivity contribution in [2.75, 3.05) is 7.11 Å². The Kier molecular flexibility index (Phi) is 3.60. The van der Waals surface area contributed by atoms with Gasteiger partial charge in [-0.2, -0.15) is 0 Å². The fraction of sp³-hybridized carbons (Fsp3) is 0.0714. The zero-order chi connectivity index (χ0) is 13.0. The van der Waals surface area contributed by atoms with Crippen LogP contribution in [0, 0.1) is 0 Å². The number of methoxy groups -OCH3 is 1. The van der Waals surface area contributed by atoms with Crippen LogP contribution in [0.5, 0.6) is 11.5 Å². The van der Waals surface area contributed by atoms with E-state index in [1.54, 1.807) is 18.2 Å². The molecule has 0 aliphatic heterocycles. The van der Waals surface area contributed by atoms with Crippen LogP contribution in [0.2, 0.25) is 0 Å². The lowest BCUT2D eigenvalue weighted by atomic mass is 10.1. The Labute approximate surface area is 105 Å². The van der Waals surface area contributed by atoms with E-state index >= 15 is 0 Å².